The van der Waals surface area contributed by atoms with Crippen LogP contribution in [0.1, 0.15) is 18.4 Å². The number of carbonyl (C=O) groups is 1. The molecule has 7 heteroatoms. The van der Waals surface area contributed by atoms with Gasteiger partial charge in [0, 0.05) is 19.3 Å². The fraction of sp³-hybridized carbons (Fsp3) is 0.462. The van der Waals surface area contributed by atoms with Gasteiger partial charge in [0.25, 0.3) is 0 Å². The Morgan fingerprint density at radius 1 is 1.25 bits per heavy atom. The average Bonchev–Trinajstić information content (AvgIpc) is 2.39. The summed E-state index contributed by atoms with van der Waals surface area (Å²) in [7, 11) is -3.56. The first-order valence-electron chi connectivity index (χ1n) is 6.38. The van der Waals surface area contributed by atoms with Gasteiger partial charge < -0.3 is 9.84 Å². The van der Waals surface area contributed by atoms with Crippen molar-refractivity contribution >= 4 is 16.0 Å². The zero-order chi connectivity index (χ0) is 14.6. The van der Waals surface area contributed by atoms with Gasteiger partial charge in [-0.05, 0) is 30.5 Å². The van der Waals surface area contributed by atoms with Crippen molar-refractivity contribution in [2.75, 3.05) is 13.2 Å². The van der Waals surface area contributed by atoms with Crippen LogP contribution in [0.25, 0.3) is 0 Å². The van der Waals surface area contributed by atoms with Crippen LogP contribution >= 0.6 is 0 Å². The quantitative estimate of drug-likeness (QED) is 0.838. The third kappa shape index (κ3) is 4.03. The Morgan fingerprint density at radius 3 is 2.40 bits per heavy atom. The standard InChI is InChI=1S/C13H17NO5S/c15-13(16)9-10-1-3-12(4-2-10)20(17,18)14-11-5-7-19-8-6-11/h1-4,11,14H,5-9H2,(H,15,16). The maximum atomic E-state index is 12.2. The van der Waals surface area contributed by atoms with E-state index in [2.05, 4.69) is 4.72 Å². The van der Waals surface area contributed by atoms with Gasteiger partial charge in [0.2, 0.25) is 10.0 Å². The summed E-state index contributed by atoms with van der Waals surface area (Å²) < 4.78 is 32.2. The molecular formula is C13H17NO5S. The molecule has 0 radical (unpaired) electrons. The third-order valence-electron chi connectivity index (χ3n) is 3.13. The highest BCUT2D eigenvalue weighted by Crippen LogP contribution is 2.14. The highest BCUT2D eigenvalue weighted by Gasteiger charge is 2.22. The summed E-state index contributed by atoms with van der Waals surface area (Å²) in [5, 5.41) is 8.67. The Balaban J connectivity index is 2.06. The predicted octanol–water partition coefficient (Wildman–Crippen LogP) is 0.771. The van der Waals surface area contributed by atoms with Gasteiger partial charge >= 0.3 is 5.97 Å². The lowest BCUT2D eigenvalue weighted by molar-refractivity contribution is -0.136. The van der Waals surface area contributed by atoms with Crippen LogP contribution in [0.3, 0.4) is 0 Å². The number of nitrogens with one attached hydrogen (secondary N) is 1. The molecule has 0 amide bonds. The van der Waals surface area contributed by atoms with Gasteiger partial charge in [-0.3, -0.25) is 4.79 Å². The van der Waals surface area contributed by atoms with Crippen LogP contribution in [0, 0.1) is 0 Å². The van der Waals surface area contributed by atoms with Gasteiger partial charge in [0.15, 0.2) is 0 Å². The lowest BCUT2D eigenvalue weighted by atomic mass is 10.1. The Labute approximate surface area is 117 Å². The number of carboxylic acids is 1. The Morgan fingerprint density at radius 2 is 1.85 bits per heavy atom. The van der Waals surface area contributed by atoms with Gasteiger partial charge in [-0.1, -0.05) is 12.1 Å². The van der Waals surface area contributed by atoms with E-state index >= 15 is 0 Å². The number of carboxylic acid groups (broad SMARTS) is 1. The molecule has 0 aromatic heterocycles. The Bertz CT molecular complexity index is 561. The van der Waals surface area contributed by atoms with Gasteiger partial charge in [-0.15, -0.1) is 0 Å². The minimum absolute atomic E-state index is 0.104. The fourth-order valence-electron chi connectivity index (χ4n) is 2.06. The summed E-state index contributed by atoms with van der Waals surface area (Å²) in [4.78, 5) is 10.7. The second-order valence-corrected chi connectivity index (χ2v) is 6.44. The zero-order valence-corrected chi connectivity index (χ0v) is 11.7. The minimum Gasteiger partial charge on any atom is -0.481 e. The maximum absolute atomic E-state index is 12.2. The van der Waals surface area contributed by atoms with Crippen LogP contribution in [0.15, 0.2) is 29.2 Å². The molecule has 1 aromatic rings. The van der Waals surface area contributed by atoms with Crippen molar-refractivity contribution < 1.29 is 23.1 Å². The normalized spacial score (nSPS) is 17.0. The number of aliphatic carboxylic acids is 1. The van der Waals surface area contributed by atoms with Gasteiger partial charge in [-0.2, -0.15) is 0 Å². The molecule has 0 atom stereocenters. The van der Waals surface area contributed by atoms with Crippen molar-refractivity contribution in [1.82, 2.24) is 4.72 Å². The predicted molar refractivity (Wildman–Crippen MR) is 71.9 cm³/mol. The van der Waals surface area contributed by atoms with Crippen LogP contribution in [0.5, 0.6) is 0 Å². The Kier molecular flexibility index (Phi) is 4.74. The molecule has 1 fully saturated rings. The molecule has 6 nitrogen and oxygen atoms in total. The molecule has 110 valence electrons. The molecule has 0 saturated carbocycles. The lowest BCUT2D eigenvalue weighted by Gasteiger charge is -2.22. The number of rotatable bonds is 5. The zero-order valence-electron chi connectivity index (χ0n) is 10.9. The fourth-order valence-corrected chi connectivity index (χ4v) is 3.37. The second-order valence-electron chi connectivity index (χ2n) is 4.72. The number of benzene rings is 1. The summed E-state index contributed by atoms with van der Waals surface area (Å²) in [6.07, 6.45) is 1.21. The van der Waals surface area contributed by atoms with E-state index in [9.17, 15) is 13.2 Å². The van der Waals surface area contributed by atoms with E-state index in [-0.39, 0.29) is 17.4 Å². The van der Waals surface area contributed by atoms with Gasteiger partial charge in [0.1, 0.15) is 0 Å². The first-order valence-corrected chi connectivity index (χ1v) is 7.86. The molecule has 1 aliphatic rings. The summed E-state index contributed by atoms with van der Waals surface area (Å²) in [6, 6.07) is 5.80. The number of hydrogen-bond acceptors (Lipinski definition) is 4. The van der Waals surface area contributed by atoms with E-state index in [4.69, 9.17) is 9.84 Å². The monoisotopic (exact) mass is 299 g/mol. The first-order chi connectivity index (χ1) is 9.47. The van der Waals surface area contributed by atoms with Gasteiger partial charge in [0.05, 0.1) is 11.3 Å². The minimum atomic E-state index is -3.56. The molecule has 0 unspecified atom stereocenters. The molecular weight excluding hydrogens is 282 g/mol. The van der Waals surface area contributed by atoms with Crippen LogP contribution in [0.2, 0.25) is 0 Å². The van der Waals surface area contributed by atoms with Crippen LogP contribution < -0.4 is 4.72 Å². The van der Waals surface area contributed by atoms with Gasteiger partial charge in [-0.25, -0.2) is 13.1 Å². The SMILES string of the molecule is O=C(O)Cc1ccc(S(=O)(=O)NC2CCOCC2)cc1. The summed E-state index contributed by atoms with van der Waals surface area (Å²) in [6.45, 7) is 1.12. The molecule has 20 heavy (non-hydrogen) atoms. The molecule has 1 heterocycles. The van der Waals surface area contributed by atoms with Crippen molar-refractivity contribution in [3.8, 4) is 0 Å². The summed E-state index contributed by atoms with van der Waals surface area (Å²) >= 11 is 0. The largest absolute Gasteiger partial charge is 0.481 e. The van der Waals surface area contributed by atoms with E-state index < -0.39 is 16.0 Å². The second kappa shape index (κ2) is 6.34. The first kappa shape index (κ1) is 15.0. The van der Waals surface area contributed by atoms with E-state index in [0.29, 0.717) is 31.6 Å². The molecule has 1 saturated heterocycles. The molecule has 1 aliphatic heterocycles. The molecule has 1 aromatic carbocycles. The smallest absolute Gasteiger partial charge is 0.307 e. The average molecular weight is 299 g/mol. The van der Waals surface area contributed by atoms with Crippen LogP contribution in [-0.4, -0.2) is 38.7 Å². The molecule has 0 bridgehead atoms. The highest BCUT2D eigenvalue weighted by atomic mass is 32.2. The van der Waals surface area contributed by atoms with Crippen molar-refractivity contribution in [2.45, 2.75) is 30.2 Å². The third-order valence-corrected chi connectivity index (χ3v) is 4.67. The van der Waals surface area contributed by atoms with Crippen molar-refractivity contribution in [3.63, 3.8) is 0 Å². The van der Waals surface area contributed by atoms with Crippen LogP contribution in [-0.2, 0) is 26.0 Å². The van der Waals surface area contributed by atoms with E-state index in [1.165, 1.54) is 24.3 Å². The number of hydrogen-bond donors (Lipinski definition) is 2. The molecule has 2 rings (SSSR count). The van der Waals surface area contributed by atoms with Crippen molar-refractivity contribution in [3.05, 3.63) is 29.8 Å². The summed E-state index contributed by atoms with van der Waals surface area (Å²) in [5.41, 5.74) is 0.572. The molecule has 2 N–H and O–H groups in total. The molecule has 0 spiro atoms. The van der Waals surface area contributed by atoms with E-state index in [1.54, 1.807) is 0 Å². The topological polar surface area (TPSA) is 92.7 Å². The van der Waals surface area contributed by atoms with Crippen LogP contribution in [0.4, 0.5) is 0 Å². The van der Waals surface area contributed by atoms with Crippen molar-refractivity contribution in [2.24, 2.45) is 0 Å². The Hall–Kier alpha value is -1.44. The van der Waals surface area contributed by atoms with E-state index in [1.807, 2.05) is 0 Å². The van der Waals surface area contributed by atoms with E-state index in [0.717, 1.165) is 0 Å². The summed E-state index contributed by atoms with van der Waals surface area (Å²) in [5.74, 6) is -0.944. The molecule has 0 aliphatic carbocycles. The highest BCUT2D eigenvalue weighted by molar-refractivity contribution is 7.89. The number of sulfonamides is 1. The lowest BCUT2D eigenvalue weighted by Crippen LogP contribution is -2.38. The van der Waals surface area contributed by atoms with Crippen molar-refractivity contribution in [1.29, 1.82) is 0 Å². The number of ether oxygens (including phenoxy) is 1. The maximum Gasteiger partial charge on any atom is 0.307 e.